The number of thiazole rings is 1. The Morgan fingerprint density at radius 3 is 2.62 bits per heavy atom. The summed E-state index contributed by atoms with van der Waals surface area (Å²) in [6, 6.07) is 0. The molecule has 0 unspecified atom stereocenters. The van der Waals surface area contributed by atoms with Gasteiger partial charge in [0.25, 0.3) is 0 Å². The smallest absolute Gasteiger partial charge is 0.198 e. The lowest BCUT2D eigenvalue weighted by atomic mass is 10.6. The molecule has 4 nitrogen and oxygen atoms in total. The van der Waals surface area contributed by atoms with E-state index in [1.807, 2.05) is 0 Å². The molecule has 74 valence electrons. The number of aromatic nitrogens is 1. The lowest BCUT2D eigenvalue weighted by Gasteiger charge is -2.02. The van der Waals surface area contributed by atoms with Crippen LogP contribution in [0.5, 0.6) is 0 Å². The number of nitrogens with two attached hydrogens (primary N) is 1. The highest BCUT2D eigenvalue weighted by atomic mass is 32.2. The van der Waals surface area contributed by atoms with Gasteiger partial charge in [-0.15, -0.1) is 11.3 Å². The van der Waals surface area contributed by atoms with Crippen LogP contribution in [0, 0.1) is 0 Å². The minimum atomic E-state index is -3.22. The quantitative estimate of drug-likeness (QED) is 0.817. The van der Waals surface area contributed by atoms with Gasteiger partial charge in [0, 0.05) is 11.9 Å². The van der Waals surface area contributed by atoms with E-state index in [9.17, 15) is 8.42 Å². The highest BCUT2D eigenvalue weighted by Gasteiger charge is 2.21. The van der Waals surface area contributed by atoms with Gasteiger partial charge in [0.05, 0.1) is 5.25 Å². The summed E-state index contributed by atoms with van der Waals surface area (Å²) in [6.45, 7) is 3.56. The van der Waals surface area contributed by atoms with Crippen LogP contribution in [0.15, 0.2) is 10.4 Å². The Morgan fingerprint density at radius 1 is 1.62 bits per heavy atom. The van der Waals surface area contributed by atoms with E-state index in [-0.39, 0.29) is 11.6 Å². The van der Waals surface area contributed by atoms with Crippen molar-refractivity contribution in [1.29, 1.82) is 0 Å². The zero-order chi connectivity index (χ0) is 10.1. The van der Waals surface area contributed by atoms with Crippen LogP contribution < -0.4 is 5.73 Å². The molecule has 6 heteroatoms. The summed E-state index contributed by atoms with van der Waals surface area (Å²) >= 11 is 1.28. The second-order valence-corrected chi connectivity index (χ2v) is 6.27. The first-order valence-electron chi connectivity index (χ1n) is 3.87. The molecule has 0 bridgehead atoms. The molecule has 0 aromatic carbocycles. The maximum atomic E-state index is 11.6. The van der Waals surface area contributed by atoms with Crippen molar-refractivity contribution < 1.29 is 8.42 Å². The van der Waals surface area contributed by atoms with Crippen molar-refractivity contribution in [2.24, 2.45) is 5.73 Å². The Labute approximate surface area is 81.7 Å². The number of sulfone groups is 1. The van der Waals surface area contributed by atoms with Gasteiger partial charge < -0.3 is 5.73 Å². The van der Waals surface area contributed by atoms with Gasteiger partial charge in [0.2, 0.25) is 0 Å². The molecule has 0 saturated carbocycles. The van der Waals surface area contributed by atoms with Crippen LogP contribution in [0.2, 0.25) is 0 Å². The summed E-state index contributed by atoms with van der Waals surface area (Å²) in [6.07, 6.45) is 0. The molecule has 0 spiro atoms. The Balaban J connectivity index is 3.09. The average molecular weight is 220 g/mol. The van der Waals surface area contributed by atoms with Crippen molar-refractivity contribution in [2.45, 2.75) is 30.7 Å². The molecule has 1 rings (SSSR count). The van der Waals surface area contributed by atoms with Crippen LogP contribution in [-0.2, 0) is 16.4 Å². The molecular formula is C7H12N2O2S2. The van der Waals surface area contributed by atoms with Crippen LogP contribution in [-0.4, -0.2) is 18.7 Å². The maximum absolute atomic E-state index is 11.6. The summed E-state index contributed by atoms with van der Waals surface area (Å²) < 4.78 is 23.1. The van der Waals surface area contributed by atoms with Crippen molar-refractivity contribution in [3.8, 4) is 0 Å². The lowest BCUT2D eigenvalue weighted by Crippen LogP contribution is -2.14. The van der Waals surface area contributed by atoms with Crippen LogP contribution in [0.1, 0.15) is 18.9 Å². The van der Waals surface area contributed by atoms with Crippen LogP contribution in [0.3, 0.4) is 0 Å². The van der Waals surface area contributed by atoms with Gasteiger partial charge in [-0.05, 0) is 13.8 Å². The zero-order valence-corrected chi connectivity index (χ0v) is 9.15. The Kier molecular flexibility index (Phi) is 3.05. The summed E-state index contributed by atoms with van der Waals surface area (Å²) in [5.74, 6) is 0. The SMILES string of the molecule is CC(C)S(=O)(=O)c1csc(CN)n1. The second kappa shape index (κ2) is 3.73. The van der Waals surface area contributed by atoms with Gasteiger partial charge >= 0.3 is 0 Å². The Morgan fingerprint density at radius 2 is 2.23 bits per heavy atom. The lowest BCUT2D eigenvalue weighted by molar-refractivity contribution is 0.584. The molecule has 0 aliphatic heterocycles. The fraction of sp³-hybridized carbons (Fsp3) is 0.571. The van der Waals surface area contributed by atoms with Crippen molar-refractivity contribution >= 4 is 21.2 Å². The maximum Gasteiger partial charge on any atom is 0.198 e. The molecule has 1 aromatic heterocycles. The molecule has 13 heavy (non-hydrogen) atoms. The van der Waals surface area contributed by atoms with Gasteiger partial charge in [0.15, 0.2) is 14.9 Å². The third-order valence-corrected chi connectivity index (χ3v) is 4.67. The van der Waals surface area contributed by atoms with Gasteiger partial charge in [-0.2, -0.15) is 0 Å². The molecule has 0 fully saturated rings. The predicted octanol–water partition coefficient (Wildman–Crippen LogP) is 0.784. The van der Waals surface area contributed by atoms with Gasteiger partial charge in [-0.25, -0.2) is 13.4 Å². The highest BCUT2D eigenvalue weighted by molar-refractivity contribution is 7.92. The molecule has 0 aliphatic carbocycles. The summed E-state index contributed by atoms with van der Waals surface area (Å²) in [5.41, 5.74) is 5.34. The molecule has 0 radical (unpaired) electrons. The molecule has 0 atom stereocenters. The molecule has 1 aromatic rings. The van der Waals surface area contributed by atoms with E-state index in [2.05, 4.69) is 4.98 Å². The molecular weight excluding hydrogens is 208 g/mol. The normalized spacial score (nSPS) is 12.3. The van der Waals surface area contributed by atoms with E-state index < -0.39 is 15.1 Å². The minimum Gasteiger partial charge on any atom is -0.325 e. The summed E-state index contributed by atoms with van der Waals surface area (Å²) in [4.78, 5) is 3.93. The van der Waals surface area contributed by atoms with E-state index in [1.165, 1.54) is 16.7 Å². The first-order chi connectivity index (χ1) is 5.98. The van der Waals surface area contributed by atoms with E-state index in [1.54, 1.807) is 13.8 Å². The first kappa shape index (κ1) is 10.6. The topological polar surface area (TPSA) is 73.0 Å². The summed E-state index contributed by atoms with van der Waals surface area (Å²) in [7, 11) is -3.22. The highest BCUT2D eigenvalue weighted by Crippen LogP contribution is 2.18. The van der Waals surface area contributed by atoms with Crippen molar-refractivity contribution in [3.63, 3.8) is 0 Å². The van der Waals surface area contributed by atoms with E-state index in [0.29, 0.717) is 5.01 Å². The van der Waals surface area contributed by atoms with Crippen LogP contribution >= 0.6 is 11.3 Å². The van der Waals surface area contributed by atoms with E-state index in [0.717, 1.165) is 0 Å². The summed E-state index contributed by atoms with van der Waals surface area (Å²) in [5, 5.41) is 1.91. The largest absolute Gasteiger partial charge is 0.325 e. The van der Waals surface area contributed by atoms with Crippen molar-refractivity contribution in [2.75, 3.05) is 0 Å². The molecule has 1 heterocycles. The van der Waals surface area contributed by atoms with Crippen molar-refractivity contribution in [3.05, 3.63) is 10.4 Å². The minimum absolute atomic E-state index is 0.146. The van der Waals surface area contributed by atoms with E-state index in [4.69, 9.17) is 5.73 Å². The third kappa shape index (κ3) is 2.07. The Bertz CT molecular complexity index is 381. The third-order valence-electron chi connectivity index (χ3n) is 1.62. The molecule has 0 amide bonds. The second-order valence-electron chi connectivity index (χ2n) is 2.88. The molecule has 0 aliphatic rings. The predicted molar refractivity (Wildman–Crippen MR) is 52.3 cm³/mol. The monoisotopic (exact) mass is 220 g/mol. The average Bonchev–Trinajstić information content (AvgIpc) is 2.51. The number of rotatable bonds is 3. The number of nitrogens with zero attached hydrogens (tertiary/aromatic N) is 1. The number of hydrogen-bond donors (Lipinski definition) is 1. The zero-order valence-electron chi connectivity index (χ0n) is 7.52. The van der Waals surface area contributed by atoms with E-state index >= 15 is 0 Å². The Hall–Kier alpha value is -0.460. The fourth-order valence-electron chi connectivity index (χ4n) is 0.760. The van der Waals surface area contributed by atoms with Crippen molar-refractivity contribution in [1.82, 2.24) is 4.98 Å². The van der Waals surface area contributed by atoms with Gasteiger partial charge in [-0.3, -0.25) is 0 Å². The van der Waals surface area contributed by atoms with Gasteiger partial charge in [0.1, 0.15) is 5.01 Å². The fourth-order valence-corrected chi connectivity index (χ4v) is 2.76. The standard InChI is InChI=1S/C7H12N2O2S2/c1-5(2)13(10,11)7-4-12-6(3-8)9-7/h4-5H,3,8H2,1-2H3. The van der Waals surface area contributed by atoms with Gasteiger partial charge in [-0.1, -0.05) is 0 Å². The van der Waals surface area contributed by atoms with Crippen LogP contribution in [0.25, 0.3) is 0 Å². The van der Waals surface area contributed by atoms with Crippen LogP contribution in [0.4, 0.5) is 0 Å². The molecule has 2 N–H and O–H groups in total. The number of hydrogen-bond acceptors (Lipinski definition) is 5. The first-order valence-corrected chi connectivity index (χ1v) is 6.29. The molecule has 0 saturated heterocycles.